The Morgan fingerprint density at radius 2 is 1.90 bits per heavy atom. The van der Waals surface area contributed by atoms with Gasteiger partial charge in [0.2, 0.25) is 0 Å². The standard InChI is InChI=1S/C19H25N/c1-3-20-19(16-12-6-8-14(16)2)18-13-7-10-15-9-4-5-11-17(15)18/h4-5,7,9-11,13-14,16,19-20H,3,6,8,12H2,1-2H3. The second kappa shape index (κ2) is 5.97. The summed E-state index contributed by atoms with van der Waals surface area (Å²) in [5, 5.41) is 6.54. The molecule has 0 amide bonds. The smallest absolute Gasteiger partial charge is 0.0357 e. The fourth-order valence-electron chi connectivity index (χ4n) is 3.90. The second-order valence-corrected chi connectivity index (χ2v) is 6.18. The molecule has 1 aliphatic carbocycles. The Balaban J connectivity index is 2.05. The van der Waals surface area contributed by atoms with Gasteiger partial charge in [0.25, 0.3) is 0 Å². The molecular weight excluding hydrogens is 242 g/mol. The Bertz CT molecular complexity index is 569. The minimum Gasteiger partial charge on any atom is -0.310 e. The molecule has 3 atom stereocenters. The van der Waals surface area contributed by atoms with E-state index in [1.165, 1.54) is 35.6 Å². The summed E-state index contributed by atoms with van der Waals surface area (Å²) >= 11 is 0. The number of benzene rings is 2. The van der Waals surface area contributed by atoms with E-state index in [0.717, 1.165) is 18.4 Å². The van der Waals surface area contributed by atoms with Gasteiger partial charge in [0, 0.05) is 6.04 Å². The monoisotopic (exact) mass is 267 g/mol. The molecule has 0 saturated heterocycles. The Kier molecular flexibility index (Phi) is 4.07. The van der Waals surface area contributed by atoms with E-state index >= 15 is 0 Å². The van der Waals surface area contributed by atoms with Crippen LogP contribution >= 0.6 is 0 Å². The third-order valence-electron chi connectivity index (χ3n) is 4.94. The van der Waals surface area contributed by atoms with Crippen LogP contribution in [0.1, 0.15) is 44.7 Å². The number of nitrogens with one attached hydrogen (secondary N) is 1. The molecule has 0 aliphatic heterocycles. The molecule has 2 aromatic carbocycles. The topological polar surface area (TPSA) is 12.0 Å². The number of hydrogen-bond donors (Lipinski definition) is 1. The first-order valence-corrected chi connectivity index (χ1v) is 8.02. The summed E-state index contributed by atoms with van der Waals surface area (Å²) in [4.78, 5) is 0. The molecule has 0 heterocycles. The minimum absolute atomic E-state index is 0.503. The van der Waals surface area contributed by atoms with E-state index in [1.54, 1.807) is 0 Å². The van der Waals surface area contributed by atoms with E-state index in [2.05, 4.69) is 61.6 Å². The van der Waals surface area contributed by atoms with Crippen LogP contribution in [0.5, 0.6) is 0 Å². The summed E-state index contributed by atoms with van der Waals surface area (Å²) in [7, 11) is 0. The highest BCUT2D eigenvalue weighted by molar-refractivity contribution is 5.86. The molecule has 3 rings (SSSR count). The van der Waals surface area contributed by atoms with Crippen molar-refractivity contribution in [1.29, 1.82) is 0 Å². The highest BCUT2D eigenvalue weighted by Crippen LogP contribution is 2.41. The zero-order chi connectivity index (χ0) is 13.9. The Morgan fingerprint density at radius 1 is 1.10 bits per heavy atom. The summed E-state index contributed by atoms with van der Waals surface area (Å²) < 4.78 is 0. The second-order valence-electron chi connectivity index (χ2n) is 6.18. The Morgan fingerprint density at radius 3 is 2.65 bits per heavy atom. The summed E-state index contributed by atoms with van der Waals surface area (Å²) in [5.74, 6) is 1.61. The zero-order valence-corrected chi connectivity index (χ0v) is 12.6. The molecular formula is C19H25N. The van der Waals surface area contributed by atoms with Crippen molar-refractivity contribution in [2.24, 2.45) is 11.8 Å². The molecule has 20 heavy (non-hydrogen) atoms. The summed E-state index contributed by atoms with van der Waals surface area (Å²) in [6, 6.07) is 16.0. The van der Waals surface area contributed by atoms with E-state index in [1.807, 2.05) is 0 Å². The van der Waals surface area contributed by atoms with Crippen molar-refractivity contribution in [3.05, 3.63) is 48.0 Å². The SMILES string of the molecule is CCNC(c1cccc2ccccc12)C1CCCC1C. The van der Waals surface area contributed by atoms with Crippen LogP contribution in [0, 0.1) is 11.8 Å². The van der Waals surface area contributed by atoms with Gasteiger partial charge in [-0.2, -0.15) is 0 Å². The lowest BCUT2D eigenvalue weighted by Gasteiger charge is -2.29. The Labute approximate surface area is 122 Å². The van der Waals surface area contributed by atoms with Crippen LogP contribution in [0.25, 0.3) is 10.8 Å². The number of fused-ring (bicyclic) bond motifs is 1. The maximum atomic E-state index is 3.76. The van der Waals surface area contributed by atoms with Crippen molar-refractivity contribution in [3.8, 4) is 0 Å². The van der Waals surface area contributed by atoms with Gasteiger partial charge >= 0.3 is 0 Å². The van der Waals surface area contributed by atoms with E-state index in [4.69, 9.17) is 0 Å². The number of hydrogen-bond acceptors (Lipinski definition) is 1. The van der Waals surface area contributed by atoms with Crippen LogP contribution in [0.4, 0.5) is 0 Å². The van der Waals surface area contributed by atoms with Gasteiger partial charge in [-0.3, -0.25) is 0 Å². The molecule has 0 aromatic heterocycles. The highest BCUT2D eigenvalue weighted by Gasteiger charge is 2.31. The van der Waals surface area contributed by atoms with Crippen molar-refractivity contribution in [1.82, 2.24) is 5.32 Å². The predicted molar refractivity (Wildman–Crippen MR) is 86.9 cm³/mol. The van der Waals surface area contributed by atoms with Crippen LogP contribution in [0.15, 0.2) is 42.5 Å². The third-order valence-corrected chi connectivity index (χ3v) is 4.94. The minimum atomic E-state index is 0.503. The van der Waals surface area contributed by atoms with Gasteiger partial charge in [-0.15, -0.1) is 0 Å². The predicted octanol–water partition coefficient (Wildman–Crippen LogP) is 4.93. The fraction of sp³-hybridized carbons (Fsp3) is 0.474. The van der Waals surface area contributed by atoms with E-state index in [-0.39, 0.29) is 0 Å². The molecule has 1 saturated carbocycles. The van der Waals surface area contributed by atoms with Crippen LogP contribution in [0.3, 0.4) is 0 Å². The first kappa shape index (κ1) is 13.6. The first-order valence-electron chi connectivity index (χ1n) is 8.02. The van der Waals surface area contributed by atoms with Gasteiger partial charge in [0.1, 0.15) is 0 Å². The first-order chi connectivity index (χ1) is 9.81. The van der Waals surface area contributed by atoms with Gasteiger partial charge in [-0.25, -0.2) is 0 Å². The quantitative estimate of drug-likeness (QED) is 0.828. The average molecular weight is 267 g/mol. The lowest BCUT2D eigenvalue weighted by Crippen LogP contribution is -2.29. The Hall–Kier alpha value is -1.34. The highest BCUT2D eigenvalue weighted by atomic mass is 14.9. The molecule has 106 valence electrons. The maximum Gasteiger partial charge on any atom is 0.0357 e. The number of rotatable bonds is 4. The van der Waals surface area contributed by atoms with Crippen LogP contribution in [-0.2, 0) is 0 Å². The molecule has 2 aromatic rings. The van der Waals surface area contributed by atoms with Crippen LogP contribution in [-0.4, -0.2) is 6.54 Å². The molecule has 1 nitrogen and oxygen atoms in total. The van der Waals surface area contributed by atoms with Crippen molar-refractivity contribution >= 4 is 10.8 Å². The van der Waals surface area contributed by atoms with Gasteiger partial charge in [-0.05, 0) is 41.1 Å². The molecule has 0 spiro atoms. The lowest BCUT2D eigenvalue weighted by atomic mass is 9.84. The molecule has 0 radical (unpaired) electrons. The van der Waals surface area contributed by atoms with Gasteiger partial charge < -0.3 is 5.32 Å². The molecule has 1 fully saturated rings. The van der Waals surface area contributed by atoms with Crippen molar-refractivity contribution in [2.45, 2.75) is 39.2 Å². The zero-order valence-electron chi connectivity index (χ0n) is 12.6. The fourth-order valence-corrected chi connectivity index (χ4v) is 3.90. The van der Waals surface area contributed by atoms with Crippen molar-refractivity contribution < 1.29 is 0 Å². The van der Waals surface area contributed by atoms with Crippen LogP contribution in [0.2, 0.25) is 0 Å². The van der Waals surface area contributed by atoms with E-state index < -0.39 is 0 Å². The molecule has 3 unspecified atom stereocenters. The maximum absolute atomic E-state index is 3.76. The third kappa shape index (κ3) is 2.47. The van der Waals surface area contributed by atoms with E-state index in [0.29, 0.717) is 6.04 Å². The summed E-state index contributed by atoms with van der Waals surface area (Å²) in [6.07, 6.45) is 4.14. The van der Waals surface area contributed by atoms with Gasteiger partial charge in [0.05, 0.1) is 0 Å². The summed E-state index contributed by atoms with van der Waals surface area (Å²) in [6.45, 7) is 5.68. The van der Waals surface area contributed by atoms with Crippen molar-refractivity contribution in [2.75, 3.05) is 6.54 Å². The van der Waals surface area contributed by atoms with Crippen molar-refractivity contribution in [3.63, 3.8) is 0 Å². The molecule has 1 heteroatoms. The van der Waals surface area contributed by atoms with Crippen LogP contribution < -0.4 is 5.32 Å². The van der Waals surface area contributed by atoms with Gasteiger partial charge in [-0.1, -0.05) is 69.2 Å². The lowest BCUT2D eigenvalue weighted by molar-refractivity contribution is 0.307. The molecule has 0 bridgehead atoms. The normalized spacial score (nSPS) is 24.1. The molecule has 1 N–H and O–H groups in total. The summed E-state index contributed by atoms with van der Waals surface area (Å²) in [5.41, 5.74) is 1.49. The average Bonchev–Trinajstić information content (AvgIpc) is 2.90. The largest absolute Gasteiger partial charge is 0.310 e. The van der Waals surface area contributed by atoms with Gasteiger partial charge in [0.15, 0.2) is 0 Å². The van der Waals surface area contributed by atoms with E-state index in [9.17, 15) is 0 Å². The molecule has 1 aliphatic rings.